The second kappa shape index (κ2) is 3.43. The molecule has 2 aliphatic carbocycles. The van der Waals surface area contributed by atoms with Crippen LogP contribution in [-0.4, -0.2) is 11.6 Å². The maximum Gasteiger partial charge on any atom is 0.136 e. The lowest BCUT2D eigenvalue weighted by Gasteiger charge is -2.46. The molecule has 2 saturated carbocycles. The highest BCUT2D eigenvalue weighted by Crippen LogP contribution is 2.61. The fraction of sp³-hybridized carbons (Fsp3) is 0.846. The number of carbonyl (C=O) groups is 2. The number of fused-ring (bicyclic) bond motifs is 1. The van der Waals surface area contributed by atoms with E-state index in [9.17, 15) is 9.59 Å². The zero-order chi connectivity index (χ0) is 11.1. The minimum Gasteiger partial charge on any atom is -0.299 e. The average Bonchev–Trinajstić information content (AvgIpc) is 2.58. The van der Waals surface area contributed by atoms with Crippen molar-refractivity contribution in [2.45, 2.75) is 58.8 Å². The minimum atomic E-state index is -0.281. The van der Waals surface area contributed by atoms with Crippen molar-refractivity contribution in [2.75, 3.05) is 0 Å². The van der Waals surface area contributed by atoms with Crippen LogP contribution in [0, 0.1) is 10.8 Å². The number of hydrogen-bond acceptors (Lipinski definition) is 2. The molecule has 0 spiro atoms. The van der Waals surface area contributed by atoms with Crippen LogP contribution in [0.4, 0.5) is 0 Å². The van der Waals surface area contributed by atoms with Gasteiger partial charge >= 0.3 is 0 Å². The molecule has 0 amide bonds. The van der Waals surface area contributed by atoms with Gasteiger partial charge in [0.2, 0.25) is 0 Å². The van der Waals surface area contributed by atoms with Gasteiger partial charge in [0.05, 0.1) is 0 Å². The van der Waals surface area contributed by atoms with Crippen molar-refractivity contribution >= 4 is 11.6 Å². The molecule has 0 aromatic rings. The van der Waals surface area contributed by atoms with Crippen LogP contribution in [0.2, 0.25) is 0 Å². The molecule has 2 fully saturated rings. The quantitative estimate of drug-likeness (QED) is 0.699. The van der Waals surface area contributed by atoms with E-state index in [-0.39, 0.29) is 22.4 Å². The fourth-order valence-corrected chi connectivity index (χ4v) is 4.13. The van der Waals surface area contributed by atoms with E-state index in [2.05, 4.69) is 0 Å². The summed E-state index contributed by atoms with van der Waals surface area (Å²) in [5.74, 6) is 0.518. The first-order valence-corrected chi connectivity index (χ1v) is 6.07. The fourth-order valence-electron chi connectivity index (χ4n) is 4.13. The molecule has 0 aliphatic heterocycles. The topological polar surface area (TPSA) is 34.1 Å². The van der Waals surface area contributed by atoms with Crippen LogP contribution < -0.4 is 0 Å². The number of ketones is 2. The summed E-state index contributed by atoms with van der Waals surface area (Å²) < 4.78 is 0. The van der Waals surface area contributed by atoms with E-state index in [0.717, 1.165) is 44.9 Å². The van der Waals surface area contributed by atoms with Crippen LogP contribution in [0.25, 0.3) is 0 Å². The van der Waals surface area contributed by atoms with Gasteiger partial charge in [0.15, 0.2) is 0 Å². The SMILES string of the molecule is CC(=O)C12CCCCC1(C(C)=O)CCC2. The Kier molecular flexibility index (Phi) is 2.48. The molecule has 2 aliphatic rings. The Morgan fingerprint density at radius 3 is 1.40 bits per heavy atom. The third-order valence-electron chi connectivity index (χ3n) is 4.93. The van der Waals surface area contributed by atoms with Gasteiger partial charge in [-0.25, -0.2) is 0 Å². The van der Waals surface area contributed by atoms with Crippen LogP contribution in [-0.2, 0) is 9.59 Å². The molecule has 0 N–H and O–H groups in total. The lowest BCUT2D eigenvalue weighted by molar-refractivity contribution is -0.148. The Bertz CT molecular complexity index is 278. The second-order valence-electron chi connectivity index (χ2n) is 5.34. The molecule has 2 rings (SSSR count). The first kappa shape index (κ1) is 10.8. The summed E-state index contributed by atoms with van der Waals surface area (Å²) in [5, 5.41) is 0. The van der Waals surface area contributed by atoms with Gasteiger partial charge in [-0.05, 0) is 39.5 Å². The van der Waals surface area contributed by atoms with Crippen molar-refractivity contribution in [1.82, 2.24) is 0 Å². The number of rotatable bonds is 2. The van der Waals surface area contributed by atoms with E-state index in [1.54, 1.807) is 13.8 Å². The Hall–Kier alpha value is -0.660. The molecule has 0 saturated heterocycles. The van der Waals surface area contributed by atoms with Crippen LogP contribution in [0.15, 0.2) is 0 Å². The molecule has 2 unspecified atom stereocenters. The first-order valence-electron chi connectivity index (χ1n) is 6.07. The Morgan fingerprint density at radius 2 is 1.07 bits per heavy atom. The van der Waals surface area contributed by atoms with Crippen molar-refractivity contribution in [3.05, 3.63) is 0 Å². The summed E-state index contributed by atoms with van der Waals surface area (Å²) in [4.78, 5) is 23.9. The normalized spacial score (nSPS) is 39.9. The Balaban J connectivity index is 2.47. The zero-order valence-corrected chi connectivity index (χ0v) is 9.77. The third kappa shape index (κ3) is 1.23. The molecule has 0 aromatic heterocycles. The predicted molar refractivity (Wildman–Crippen MR) is 58.5 cm³/mol. The molecule has 0 aromatic carbocycles. The van der Waals surface area contributed by atoms with Gasteiger partial charge in [-0.3, -0.25) is 9.59 Å². The van der Waals surface area contributed by atoms with E-state index in [1.807, 2.05) is 0 Å². The van der Waals surface area contributed by atoms with Crippen molar-refractivity contribution in [2.24, 2.45) is 10.8 Å². The Morgan fingerprint density at radius 1 is 0.733 bits per heavy atom. The number of carbonyl (C=O) groups excluding carboxylic acids is 2. The molecule has 15 heavy (non-hydrogen) atoms. The van der Waals surface area contributed by atoms with Crippen molar-refractivity contribution in [1.29, 1.82) is 0 Å². The van der Waals surface area contributed by atoms with Gasteiger partial charge < -0.3 is 0 Å². The van der Waals surface area contributed by atoms with Gasteiger partial charge in [0.1, 0.15) is 11.6 Å². The number of hydrogen-bond donors (Lipinski definition) is 0. The number of Topliss-reactive ketones (excluding diaryl/α,β-unsaturated/α-hetero) is 2. The lowest BCUT2D eigenvalue weighted by Crippen LogP contribution is -2.49. The predicted octanol–water partition coefficient (Wildman–Crippen LogP) is 2.90. The van der Waals surface area contributed by atoms with E-state index in [0.29, 0.717) is 0 Å². The molecular weight excluding hydrogens is 188 g/mol. The highest BCUT2D eigenvalue weighted by Gasteiger charge is 2.60. The smallest absolute Gasteiger partial charge is 0.136 e. The van der Waals surface area contributed by atoms with Gasteiger partial charge in [-0.2, -0.15) is 0 Å². The van der Waals surface area contributed by atoms with Crippen molar-refractivity contribution < 1.29 is 9.59 Å². The molecule has 2 atom stereocenters. The van der Waals surface area contributed by atoms with Crippen LogP contribution in [0.3, 0.4) is 0 Å². The molecule has 2 heteroatoms. The molecule has 84 valence electrons. The molecule has 0 radical (unpaired) electrons. The van der Waals surface area contributed by atoms with E-state index < -0.39 is 0 Å². The lowest BCUT2D eigenvalue weighted by atomic mass is 9.54. The molecular formula is C13H20O2. The average molecular weight is 208 g/mol. The largest absolute Gasteiger partial charge is 0.299 e. The van der Waals surface area contributed by atoms with Gasteiger partial charge in [-0.15, -0.1) is 0 Å². The van der Waals surface area contributed by atoms with Crippen LogP contribution >= 0.6 is 0 Å². The van der Waals surface area contributed by atoms with Gasteiger partial charge in [0, 0.05) is 10.8 Å². The molecule has 2 nitrogen and oxygen atoms in total. The highest BCUT2D eigenvalue weighted by atomic mass is 16.1. The Labute approximate surface area is 91.4 Å². The summed E-state index contributed by atoms with van der Waals surface area (Å²) >= 11 is 0. The highest BCUT2D eigenvalue weighted by molar-refractivity contribution is 5.94. The molecule has 0 bridgehead atoms. The summed E-state index contributed by atoms with van der Waals surface area (Å²) in [6, 6.07) is 0. The third-order valence-corrected chi connectivity index (χ3v) is 4.93. The van der Waals surface area contributed by atoms with Gasteiger partial charge in [-0.1, -0.05) is 19.3 Å². The van der Waals surface area contributed by atoms with Crippen molar-refractivity contribution in [3.63, 3.8) is 0 Å². The van der Waals surface area contributed by atoms with E-state index >= 15 is 0 Å². The summed E-state index contributed by atoms with van der Waals surface area (Å²) in [5.41, 5.74) is -0.561. The van der Waals surface area contributed by atoms with Crippen LogP contribution in [0.5, 0.6) is 0 Å². The second-order valence-corrected chi connectivity index (χ2v) is 5.34. The maximum atomic E-state index is 12.0. The zero-order valence-electron chi connectivity index (χ0n) is 9.77. The standard InChI is InChI=1S/C13H20O2/c1-10(14)12-6-3-4-7-13(12,11(2)15)9-5-8-12/h3-9H2,1-2H3. The van der Waals surface area contributed by atoms with E-state index in [1.165, 1.54) is 0 Å². The van der Waals surface area contributed by atoms with E-state index in [4.69, 9.17) is 0 Å². The van der Waals surface area contributed by atoms with Crippen molar-refractivity contribution in [3.8, 4) is 0 Å². The van der Waals surface area contributed by atoms with Crippen LogP contribution in [0.1, 0.15) is 58.8 Å². The first-order chi connectivity index (χ1) is 7.05. The molecule has 0 heterocycles. The summed E-state index contributed by atoms with van der Waals surface area (Å²) in [6.45, 7) is 3.38. The minimum absolute atomic E-state index is 0.259. The van der Waals surface area contributed by atoms with Gasteiger partial charge in [0.25, 0.3) is 0 Å². The monoisotopic (exact) mass is 208 g/mol. The summed E-state index contributed by atoms with van der Waals surface area (Å²) in [7, 11) is 0. The summed E-state index contributed by atoms with van der Waals surface area (Å²) in [6.07, 6.45) is 7.08. The maximum absolute atomic E-state index is 12.0.